The van der Waals surface area contributed by atoms with Crippen LogP contribution < -0.4 is 5.32 Å². The Kier molecular flexibility index (Phi) is 5.19. The molecule has 1 fully saturated rings. The van der Waals surface area contributed by atoms with Crippen LogP contribution in [0.1, 0.15) is 35.4 Å². The number of aliphatic carboxylic acids is 1. The van der Waals surface area contributed by atoms with Crippen LogP contribution in [0.5, 0.6) is 0 Å². The maximum atomic E-state index is 13.2. The Morgan fingerprint density at radius 2 is 1.86 bits per heavy atom. The molecule has 2 aliphatic rings. The molecule has 1 aromatic carbocycles. The average molecular weight is 412 g/mol. The second-order valence-corrected chi connectivity index (χ2v) is 8.40. The minimum absolute atomic E-state index is 0.136. The second-order valence-electron chi connectivity index (χ2n) is 7.32. The van der Waals surface area contributed by atoms with Crippen LogP contribution in [0.15, 0.2) is 42.5 Å². The van der Waals surface area contributed by atoms with Gasteiger partial charge in [0, 0.05) is 23.6 Å². The lowest BCUT2D eigenvalue weighted by molar-refractivity contribution is -0.158. The number of hydrogen-bond donors (Lipinski definition) is 2. The number of ketones is 1. The largest absolute Gasteiger partial charge is 0.480 e. The number of rotatable bonds is 3. The quantitative estimate of drug-likeness (QED) is 0.754. The van der Waals surface area contributed by atoms with Gasteiger partial charge >= 0.3 is 5.97 Å². The lowest BCUT2D eigenvalue weighted by Crippen LogP contribution is -2.60. The predicted molar refractivity (Wildman–Crippen MR) is 108 cm³/mol. The van der Waals surface area contributed by atoms with Crippen molar-refractivity contribution < 1.29 is 24.3 Å². The third-order valence-electron chi connectivity index (χ3n) is 5.35. The Morgan fingerprint density at radius 1 is 1.10 bits per heavy atom. The summed E-state index contributed by atoms with van der Waals surface area (Å²) in [7, 11) is 0. The van der Waals surface area contributed by atoms with Crippen LogP contribution in [-0.2, 0) is 14.4 Å². The molecule has 0 bridgehead atoms. The fraction of sp³-hybridized carbons (Fsp3) is 0.333. The molecule has 2 aliphatic heterocycles. The van der Waals surface area contributed by atoms with Crippen LogP contribution in [0.25, 0.3) is 10.1 Å². The van der Waals surface area contributed by atoms with E-state index < -0.39 is 30.0 Å². The Balaban J connectivity index is 1.59. The fourth-order valence-electron chi connectivity index (χ4n) is 3.96. The zero-order valence-electron chi connectivity index (χ0n) is 15.5. The Labute approximate surface area is 171 Å². The lowest BCUT2D eigenvalue weighted by atomic mass is 9.89. The Hall–Kier alpha value is -3.00. The molecule has 29 heavy (non-hydrogen) atoms. The molecule has 3 atom stereocenters. The third kappa shape index (κ3) is 3.80. The van der Waals surface area contributed by atoms with Crippen molar-refractivity contribution in [2.24, 2.45) is 0 Å². The van der Waals surface area contributed by atoms with Crippen molar-refractivity contribution in [3.63, 3.8) is 0 Å². The highest BCUT2D eigenvalue weighted by Crippen LogP contribution is 2.28. The summed E-state index contributed by atoms with van der Waals surface area (Å²) in [4.78, 5) is 51.4. The zero-order chi connectivity index (χ0) is 20.5. The van der Waals surface area contributed by atoms with Crippen molar-refractivity contribution in [3.8, 4) is 0 Å². The predicted octanol–water partition coefficient (Wildman–Crippen LogP) is 2.36. The van der Waals surface area contributed by atoms with Crippen molar-refractivity contribution >= 4 is 45.0 Å². The first kappa shape index (κ1) is 19.3. The van der Waals surface area contributed by atoms with Crippen molar-refractivity contribution in [1.29, 1.82) is 0 Å². The van der Waals surface area contributed by atoms with E-state index in [4.69, 9.17) is 0 Å². The molecule has 0 saturated carbocycles. The van der Waals surface area contributed by atoms with Crippen molar-refractivity contribution in [2.45, 2.75) is 43.8 Å². The monoisotopic (exact) mass is 412 g/mol. The first-order chi connectivity index (χ1) is 13.9. The average Bonchev–Trinajstić information content (AvgIpc) is 3.12. The fourth-order valence-corrected chi connectivity index (χ4v) is 4.93. The highest BCUT2D eigenvalue weighted by Gasteiger charge is 2.43. The molecule has 0 unspecified atom stereocenters. The number of hydrogen-bond acceptors (Lipinski definition) is 5. The van der Waals surface area contributed by atoms with Gasteiger partial charge in [0.05, 0.1) is 4.88 Å². The van der Waals surface area contributed by atoms with Crippen LogP contribution in [0.3, 0.4) is 0 Å². The Morgan fingerprint density at radius 3 is 2.62 bits per heavy atom. The molecule has 2 amide bonds. The van der Waals surface area contributed by atoms with Gasteiger partial charge in [-0.1, -0.05) is 30.4 Å². The summed E-state index contributed by atoms with van der Waals surface area (Å²) in [5, 5.41) is 13.3. The second kappa shape index (κ2) is 7.79. The summed E-state index contributed by atoms with van der Waals surface area (Å²) in [6.45, 7) is 0. The van der Waals surface area contributed by atoms with Crippen LogP contribution >= 0.6 is 11.3 Å². The molecular formula is C21H20N2O5S. The molecule has 1 saturated heterocycles. The van der Waals surface area contributed by atoms with Gasteiger partial charge in [0.25, 0.3) is 5.91 Å². The number of carboxylic acid groups (broad SMARTS) is 1. The summed E-state index contributed by atoms with van der Waals surface area (Å²) in [5.41, 5.74) is 0. The van der Waals surface area contributed by atoms with E-state index in [2.05, 4.69) is 5.32 Å². The minimum atomic E-state index is -1.20. The molecule has 150 valence electrons. The summed E-state index contributed by atoms with van der Waals surface area (Å²) in [6.07, 6.45) is 4.30. The number of carbonyl (C=O) groups is 4. The van der Waals surface area contributed by atoms with Crippen LogP contribution in [-0.4, -0.2) is 51.7 Å². The Bertz CT molecular complexity index is 994. The molecule has 3 heterocycles. The maximum absolute atomic E-state index is 13.2. The molecule has 2 N–H and O–H groups in total. The van der Waals surface area contributed by atoms with Gasteiger partial charge in [0.1, 0.15) is 17.9 Å². The number of amides is 2. The molecule has 2 aromatic rings. The number of nitrogens with zero attached hydrogens (tertiary/aromatic N) is 1. The van der Waals surface area contributed by atoms with Gasteiger partial charge < -0.3 is 15.3 Å². The molecule has 0 radical (unpaired) electrons. The molecule has 8 heteroatoms. The zero-order valence-corrected chi connectivity index (χ0v) is 16.4. The first-order valence-corrected chi connectivity index (χ1v) is 10.3. The number of carboxylic acids is 1. The minimum Gasteiger partial charge on any atom is -0.480 e. The van der Waals surface area contributed by atoms with Gasteiger partial charge in [-0.15, -0.1) is 11.3 Å². The summed E-state index contributed by atoms with van der Waals surface area (Å²) < 4.78 is 0.974. The number of carbonyl (C=O) groups excluding carboxylic acids is 3. The summed E-state index contributed by atoms with van der Waals surface area (Å²) >= 11 is 1.34. The van der Waals surface area contributed by atoms with E-state index in [9.17, 15) is 24.3 Å². The van der Waals surface area contributed by atoms with Crippen molar-refractivity contribution in [3.05, 3.63) is 47.4 Å². The SMILES string of the molecule is O=C1C[C@@H]2C/C=C\C[C@H](NC(=O)c3cc4ccccc4s3)C(=O)N2[C@H](C(=O)O)C1. The van der Waals surface area contributed by atoms with Gasteiger partial charge in [-0.05, 0) is 30.4 Å². The number of thiophene rings is 1. The third-order valence-corrected chi connectivity index (χ3v) is 6.47. The van der Waals surface area contributed by atoms with Crippen molar-refractivity contribution in [1.82, 2.24) is 10.2 Å². The van der Waals surface area contributed by atoms with E-state index in [0.717, 1.165) is 10.1 Å². The van der Waals surface area contributed by atoms with E-state index in [-0.39, 0.29) is 31.0 Å². The van der Waals surface area contributed by atoms with E-state index in [1.165, 1.54) is 16.2 Å². The smallest absolute Gasteiger partial charge is 0.326 e. The van der Waals surface area contributed by atoms with E-state index in [0.29, 0.717) is 11.3 Å². The standard InChI is InChI=1S/C21H20N2O5S/c24-14-10-13-6-2-3-7-15(20(26)23(13)16(11-14)21(27)28)22-19(25)18-9-12-5-1-4-8-17(12)29-18/h1-5,8-9,13,15-16H,6-7,10-11H2,(H,22,25)(H,27,28)/b3-2-/t13-,15-,16-/m0/s1. The summed E-state index contributed by atoms with van der Waals surface area (Å²) in [6, 6.07) is 6.85. The highest BCUT2D eigenvalue weighted by atomic mass is 32.1. The number of fused-ring (bicyclic) bond motifs is 2. The number of piperidine rings is 1. The van der Waals surface area contributed by atoms with Gasteiger partial charge in [-0.25, -0.2) is 4.79 Å². The van der Waals surface area contributed by atoms with Gasteiger partial charge in [0.15, 0.2) is 0 Å². The lowest BCUT2D eigenvalue weighted by Gasteiger charge is -2.41. The summed E-state index contributed by atoms with van der Waals surface area (Å²) in [5.74, 6) is -2.18. The molecular weight excluding hydrogens is 392 g/mol. The molecule has 1 aromatic heterocycles. The molecule has 4 rings (SSSR count). The first-order valence-electron chi connectivity index (χ1n) is 9.45. The topological polar surface area (TPSA) is 104 Å². The van der Waals surface area contributed by atoms with Gasteiger partial charge in [-0.2, -0.15) is 0 Å². The molecule has 7 nitrogen and oxygen atoms in total. The van der Waals surface area contributed by atoms with E-state index in [1.54, 1.807) is 12.1 Å². The normalized spacial score (nSPS) is 25.8. The number of Topliss-reactive ketones (excluding diaryl/α,β-unsaturated/α-hetero) is 1. The van der Waals surface area contributed by atoms with E-state index >= 15 is 0 Å². The van der Waals surface area contributed by atoms with Gasteiger partial charge in [-0.3, -0.25) is 14.4 Å². The maximum Gasteiger partial charge on any atom is 0.326 e. The van der Waals surface area contributed by atoms with Gasteiger partial charge in [0.2, 0.25) is 5.91 Å². The van der Waals surface area contributed by atoms with Crippen LogP contribution in [0.4, 0.5) is 0 Å². The number of nitrogens with one attached hydrogen (secondary N) is 1. The van der Waals surface area contributed by atoms with Crippen molar-refractivity contribution in [2.75, 3.05) is 0 Å². The van der Waals surface area contributed by atoms with E-state index in [1.807, 2.05) is 30.3 Å². The van der Waals surface area contributed by atoms with Crippen LogP contribution in [0.2, 0.25) is 0 Å². The molecule has 0 aliphatic carbocycles. The van der Waals surface area contributed by atoms with Crippen LogP contribution in [0, 0.1) is 0 Å². The highest BCUT2D eigenvalue weighted by molar-refractivity contribution is 7.20. The molecule has 0 spiro atoms. The number of benzene rings is 1.